The van der Waals surface area contributed by atoms with E-state index in [9.17, 15) is 0 Å². The van der Waals surface area contributed by atoms with Gasteiger partial charge in [0.05, 0.1) is 5.25 Å². The zero-order valence-electron chi connectivity index (χ0n) is 12.7. The van der Waals surface area contributed by atoms with E-state index in [-0.39, 0.29) is 6.04 Å². The van der Waals surface area contributed by atoms with Gasteiger partial charge in [-0.2, -0.15) is 0 Å². The summed E-state index contributed by atoms with van der Waals surface area (Å²) in [4.78, 5) is 3.95. The van der Waals surface area contributed by atoms with Crippen LogP contribution in [0.25, 0.3) is 0 Å². The van der Waals surface area contributed by atoms with Crippen LogP contribution in [0.3, 0.4) is 0 Å². The highest BCUT2D eigenvalue weighted by Gasteiger charge is 2.21. The Hall–Kier alpha value is -0.0300. The first kappa shape index (κ1) is 17.0. The summed E-state index contributed by atoms with van der Waals surface area (Å²) in [5.74, 6) is 1.16. The van der Waals surface area contributed by atoms with Crippen molar-refractivity contribution >= 4 is 23.1 Å². The normalized spacial score (nSPS) is 14.8. The Balaban J connectivity index is 2.59. The number of thiophene rings is 1. The van der Waals surface area contributed by atoms with Crippen LogP contribution in [0.5, 0.6) is 0 Å². The lowest BCUT2D eigenvalue weighted by molar-refractivity contribution is 0.323. The van der Waals surface area contributed by atoms with E-state index >= 15 is 0 Å². The van der Waals surface area contributed by atoms with Gasteiger partial charge in [-0.15, -0.1) is 23.1 Å². The van der Waals surface area contributed by atoms with E-state index in [2.05, 4.69) is 44.0 Å². The molecule has 0 fully saturated rings. The highest BCUT2D eigenvalue weighted by Crippen LogP contribution is 2.37. The van der Waals surface area contributed by atoms with Gasteiger partial charge >= 0.3 is 0 Å². The maximum absolute atomic E-state index is 6.33. The molecule has 0 aliphatic rings. The molecule has 1 rings (SSSR count). The molecule has 2 atom stereocenters. The average Bonchev–Trinajstić information content (AvgIpc) is 2.84. The van der Waals surface area contributed by atoms with Gasteiger partial charge in [0.15, 0.2) is 0 Å². The number of nitrogens with two attached hydrogens (primary N) is 1. The van der Waals surface area contributed by atoms with Crippen molar-refractivity contribution in [1.29, 1.82) is 0 Å². The summed E-state index contributed by atoms with van der Waals surface area (Å²) in [6.45, 7) is 12.3. The largest absolute Gasteiger partial charge is 0.326 e. The zero-order chi connectivity index (χ0) is 14.3. The summed E-state index contributed by atoms with van der Waals surface area (Å²) in [5, 5.41) is 2.64. The second-order valence-electron chi connectivity index (χ2n) is 4.86. The lowest BCUT2D eigenvalue weighted by Crippen LogP contribution is -2.28. The van der Waals surface area contributed by atoms with E-state index in [0.29, 0.717) is 5.25 Å². The fraction of sp³-hybridized carbons (Fsp3) is 0.733. The van der Waals surface area contributed by atoms with Crippen LogP contribution in [0, 0.1) is 6.92 Å². The number of rotatable bonds is 9. The molecule has 2 N–H and O–H groups in total. The van der Waals surface area contributed by atoms with Crippen LogP contribution >= 0.6 is 23.1 Å². The Bertz CT molecular complexity index is 348. The van der Waals surface area contributed by atoms with Gasteiger partial charge < -0.3 is 10.6 Å². The smallest absolute Gasteiger partial charge is 0.0545 e. The van der Waals surface area contributed by atoms with Crippen molar-refractivity contribution in [2.24, 2.45) is 5.73 Å². The molecule has 19 heavy (non-hydrogen) atoms. The van der Waals surface area contributed by atoms with E-state index < -0.39 is 0 Å². The van der Waals surface area contributed by atoms with Crippen molar-refractivity contribution in [2.45, 2.75) is 45.4 Å². The molecule has 1 heterocycles. The number of nitrogens with zero attached hydrogens (tertiary/aromatic N) is 1. The minimum atomic E-state index is 0.263. The fourth-order valence-electron chi connectivity index (χ4n) is 2.13. The Morgan fingerprint density at radius 1 is 1.32 bits per heavy atom. The molecule has 2 unspecified atom stereocenters. The first-order valence-electron chi connectivity index (χ1n) is 7.27. The number of hydrogen-bond donors (Lipinski definition) is 1. The molecule has 0 saturated heterocycles. The Morgan fingerprint density at radius 2 is 2.00 bits per heavy atom. The molecule has 0 aliphatic carbocycles. The third-order valence-electron chi connectivity index (χ3n) is 3.62. The minimum Gasteiger partial charge on any atom is -0.326 e. The van der Waals surface area contributed by atoms with E-state index in [1.807, 2.05) is 23.1 Å². The van der Waals surface area contributed by atoms with Crippen molar-refractivity contribution in [3.05, 3.63) is 21.9 Å². The van der Waals surface area contributed by atoms with Gasteiger partial charge in [0.2, 0.25) is 0 Å². The third-order valence-corrected chi connectivity index (χ3v) is 6.23. The quantitative estimate of drug-likeness (QED) is 0.750. The second-order valence-corrected chi connectivity index (χ2v) is 7.06. The first-order valence-corrected chi connectivity index (χ1v) is 9.20. The molecule has 0 bridgehead atoms. The molecule has 1 aromatic heterocycles. The van der Waals surface area contributed by atoms with Crippen molar-refractivity contribution in [3.8, 4) is 0 Å². The van der Waals surface area contributed by atoms with Crippen LogP contribution in [0.4, 0.5) is 0 Å². The monoisotopic (exact) mass is 300 g/mol. The summed E-state index contributed by atoms with van der Waals surface area (Å²) in [6, 6.07) is 2.47. The number of aryl methyl sites for hydroxylation is 1. The van der Waals surface area contributed by atoms with Crippen molar-refractivity contribution in [1.82, 2.24) is 4.90 Å². The Kier molecular flexibility index (Phi) is 8.07. The van der Waals surface area contributed by atoms with Crippen molar-refractivity contribution < 1.29 is 0 Å². The average molecular weight is 301 g/mol. The lowest BCUT2D eigenvalue weighted by atomic mass is 10.1. The van der Waals surface area contributed by atoms with E-state index in [4.69, 9.17) is 5.73 Å². The van der Waals surface area contributed by atoms with Crippen LogP contribution in [0.1, 0.15) is 42.9 Å². The summed E-state index contributed by atoms with van der Waals surface area (Å²) >= 11 is 3.89. The molecule has 0 aromatic carbocycles. The van der Waals surface area contributed by atoms with E-state index in [1.54, 1.807) is 0 Å². The van der Waals surface area contributed by atoms with Gasteiger partial charge in [-0.3, -0.25) is 0 Å². The van der Waals surface area contributed by atoms with Gasteiger partial charge in [-0.25, -0.2) is 0 Å². The molecule has 110 valence electrons. The third kappa shape index (κ3) is 5.10. The van der Waals surface area contributed by atoms with Crippen LogP contribution in [0.2, 0.25) is 0 Å². The molecule has 1 aromatic rings. The molecule has 0 amide bonds. The lowest BCUT2D eigenvalue weighted by Gasteiger charge is -2.24. The summed E-state index contributed by atoms with van der Waals surface area (Å²) in [7, 11) is 0. The van der Waals surface area contributed by atoms with E-state index in [1.165, 1.54) is 10.4 Å². The predicted octanol–water partition coefficient (Wildman–Crippen LogP) is 3.91. The topological polar surface area (TPSA) is 29.3 Å². The Labute approximate surface area is 126 Å². The summed E-state index contributed by atoms with van der Waals surface area (Å²) < 4.78 is 0. The maximum Gasteiger partial charge on any atom is 0.0545 e. The van der Waals surface area contributed by atoms with Crippen LogP contribution < -0.4 is 5.73 Å². The molecule has 0 radical (unpaired) electrons. The molecule has 0 aliphatic heterocycles. The number of hydrogen-bond acceptors (Lipinski definition) is 4. The molecule has 0 saturated carbocycles. The van der Waals surface area contributed by atoms with Crippen molar-refractivity contribution in [2.75, 3.05) is 25.4 Å². The van der Waals surface area contributed by atoms with E-state index in [0.717, 1.165) is 31.8 Å². The maximum atomic E-state index is 6.33. The highest BCUT2D eigenvalue weighted by molar-refractivity contribution is 7.99. The SMILES string of the molecule is CCC(N)C(SCCN(CC)CC)c1sccc1C. The second kappa shape index (κ2) is 9.01. The molecule has 2 nitrogen and oxygen atoms in total. The first-order chi connectivity index (χ1) is 9.13. The molecular weight excluding hydrogens is 272 g/mol. The van der Waals surface area contributed by atoms with Gasteiger partial charge in [0.1, 0.15) is 0 Å². The zero-order valence-corrected chi connectivity index (χ0v) is 14.3. The molecule has 4 heteroatoms. The van der Waals surface area contributed by atoms with Crippen molar-refractivity contribution in [3.63, 3.8) is 0 Å². The fourth-order valence-corrected chi connectivity index (χ4v) is 4.88. The Morgan fingerprint density at radius 3 is 2.47 bits per heavy atom. The minimum absolute atomic E-state index is 0.263. The molecular formula is C15H28N2S2. The van der Waals surface area contributed by atoms with Crippen LogP contribution in [-0.4, -0.2) is 36.3 Å². The van der Waals surface area contributed by atoms with Gasteiger partial charge in [0, 0.05) is 23.2 Å². The predicted molar refractivity (Wildman–Crippen MR) is 90.3 cm³/mol. The number of thioether (sulfide) groups is 1. The summed E-state index contributed by atoms with van der Waals surface area (Å²) in [5.41, 5.74) is 7.73. The highest BCUT2D eigenvalue weighted by atomic mass is 32.2. The van der Waals surface area contributed by atoms with Gasteiger partial charge in [-0.05, 0) is 43.4 Å². The molecule has 0 spiro atoms. The standard InChI is InChI=1S/C15H28N2S2/c1-5-13(16)15(14-12(4)8-10-18-14)19-11-9-17(6-2)7-3/h8,10,13,15H,5-7,9,11,16H2,1-4H3. The van der Waals surface area contributed by atoms with Crippen LogP contribution in [-0.2, 0) is 0 Å². The van der Waals surface area contributed by atoms with Gasteiger partial charge in [-0.1, -0.05) is 20.8 Å². The van der Waals surface area contributed by atoms with Crippen LogP contribution in [0.15, 0.2) is 11.4 Å². The van der Waals surface area contributed by atoms with Gasteiger partial charge in [0.25, 0.3) is 0 Å². The summed E-state index contributed by atoms with van der Waals surface area (Å²) in [6.07, 6.45) is 1.04.